The first-order valence-electron chi connectivity index (χ1n) is 39.0. The van der Waals surface area contributed by atoms with Crippen molar-refractivity contribution in [2.75, 3.05) is 39.6 Å². The summed E-state index contributed by atoms with van der Waals surface area (Å²) in [6, 6.07) is 0. The minimum Gasteiger partial charge on any atom is -0.462 e. The van der Waals surface area contributed by atoms with Crippen LogP contribution in [0.5, 0.6) is 0 Å². The number of unbranched alkanes of at least 4 members (excludes halogenated alkanes) is 17. The molecule has 3 N–H and O–H groups in total. The maximum absolute atomic E-state index is 13.1. The summed E-state index contributed by atoms with van der Waals surface area (Å²) in [6.45, 7) is 4.24. The van der Waals surface area contributed by atoms with E-state index < -0.39 is 97.5 Å². The number of hydrogen-bond acceptors (Lipinski definition) is 15. The van der Waals surface area contributed by atoms with Gasteiger partial charge < -0.3 is 33.8 Å². The van der Waals surface area contributed by atoms with Crippen LogP contribution in [0.4, 0.5) is 0 Å². The lowest BCUT2D eigenvalue weighted by atomic mass is 10.0. The molecular formula is C85H136O17P2. The number of aliphatic hydroxyl groups excluding tert-OH is 1. The number of carbonyl (C=O) groups excluding carboxylic acids is 4. The van der Waals surface area contributed by atoms with Crippen molar-refractivity contribution >= 4 is 39.5 Å². The van der Waals surface area contributed by atoms with Crippen molar-refractivity contribution in [1.29, 1.82) is 0 Å². The van der Waals surface area contributed by atoms with E-state index in [1.54, 1.807) is 18.2 Å². The summed E-state index contributed by atoms with van der Waals surface area (Å²) >= 11 is 0. The highest BCUT2D eigenvalue weighted by atomic mass is 31.2. The summed E-state index contributed by atoms with van der Waals surface area (Å²) in [4.78, 5) is 72.8. The molecule has 0 aromatic rings. The van der Waals surface area contributed by atoms with E-state index in [2.05, 4.69) is 161 Å². The number of phosphoric ester groups is 2. The molecule has 0 saturated carbocycles. The van der Waals surface area contributed by atoms with Crippen LogP contribution in [-0.4, -0.2) is 96.7 Å². The maximum atomic E-state index is 13.1. The zero-order chi connectivity index (χ0) is 76.0. The van der Waals surface area contributed by atoms with Gasteiger partial charge in [-0.05, 0) is 122 Å². The van der Waals surface area contributed by atoms with Gasteiger partial charge in [-0.1, -0.05) is 306 Å². The predicted octanol–water partition coefficient (Wildman–Crippen LogP) is 22.8. The number of phosphoric acid groups is 2. The smallest absolute Gasteiger partial charge is 0.462 e. The molecule has 0 aliphatic carbocycles. The second kappa shape index (κ2) is 75.4. The van der Waals surface area contributed by atoms with Crippen molar-refractivity contribution in [3.63, 3.8) is 0 Å². The lowest BCUT2D eigenvalue weighted by Gasteiger charge is -2.21. The third-order valence-electron chi connectivity index (χ3n) is 15.4. The fourth-order valence-corrected chi connectivity index (χ4v) is 11.2. The average Bonchev–Trinajstić information content (AvgIpc) is 0.918. The summed E-state index contributed by atoms with van der Waals surface area (Å²) in [7, 11) is -10.0. The molecule has 588 valence electrons. The first-order valence-corrected chi connectivity index (χ1v) is 42.0. The fraction of sp³-hybridized carbons (Fsp3) is 0.600. The van der Waals surface area contributed by atoms with Crippen molar-refractivity contribution in [3.8, 4) is 0 Å². The van der Waals surface area contributed by atoms with Crippen LogP contribution in [0, 0.1) is 0 Å². The molecule has 0 aromatic heterocycles. The highest BCUT2D eigenvalue weighted by Crippen LogP contribution is 2.45. The molecule has 0 spiro atoms. The van der Waals surface area contributed by atoms with Crippen LogP contribution in [0.1, 0.15) is 272 Å². The summed E-state index contributed by atoms with van der Waals surface area (Å²) < 4.78 is 68.3. The predicted molar refractivity (Wildman–Crippen MR) is 426 cm³/mol. The molecule has 0 rings (SSSR count). The molecule has 17 nitrogen and oxygen atoms in total. The first-order chi connectivity index (χ1) is 50.7. The van der Waals surface area contributed by atoms with Gasteiger partial charge in [-0.15, -0.1) is 0 Å². The Labute approximate surface area is 628 Å². The van der Waals surface area contributed by atoms with E-state index in [0.717, 1.165) is 128 Å². The van der Waals surface area contributed by atoms with Crippen molar-refractivity contribution in [2.45, 2.75) is 290 Å². The Bertz CT molecular complexity index is 2690. The van der Waals surface area contributed by atoms with E-state index in [-0.39, 0.29) is 25.7 Å². The number of ether oxygens (including phenoxy) is 4. The Hall–Kier alpha value is -5.84. The van der Waals surface area contributed by atoms with Gasteiger partial charge in [0.1, 0.15) is 19.3 Å². The van der Waals surface area contributed by atoms with Crippen LogP contribution in [0.3, 0.4) is 0 Å². The van der Waals surface area contributed by atoms with Gasteiger partial charge in [0.25, 0.3) is 0 Å². The van der Waals surface area contributed by atoms with E-state index in [1.165, 1.54) is 64.2 Å². The van der Waals surface area contributed by atoms with Crippen LogP contribution >= 0.6 is 15.6 Å². The zero-order valence-corrected chi connectivity index (χ0v) is 65.9. The molecule has 0 fully saturated rings. The molecule has 0 aromatic carbocycles. The summed E-state index contributed by atoms with van der Waals surface area (Å²) in [5.74, 6) is -2.52. The second-order valence-corrected chi connectivity index (χ2v) is 28.1. The molecule has 0 aliphatic heterocycles. The molecule has 0 saturated heterocycles. The van der Waals surface area contributed by atoms with Crippen LogP contribution in [0.2, 0.25) is 0 Å². The third-order valence-corrected chi connectivity index (χ3v) is 17.3. The topological polar surface area (TPSA) is 237 Å². The Morgan fingerprint density at radius 3 is 0.894 bits per heavy atom. The van der Waals surface area contributed by atoms with Gasteiger partial charge in [0.2, 0.25) is 0 Å². The fourth-order valence-electron chi connectivity index (χ4n) is 9.63. The molecule has 5 unspecified atom stereocenters. The quantitative estimate of drug-likeness (QED) is 0.0169. The van der Waals surface area contributed by atoms with Crippen molar-refractivity contribution < 1.29 is 80.2 Å². The molecule has 19 heteroatoms. The minimum absolute atomic E-state index is 0.0695. The maximum Gasteiger partial charge on any atom is 0.472 e. The molecule has 104 heavy (non-hydrogen) atoms. The molecule has 0 radical (unpaired) electrons. The average molecular weight is 1490 g/mol. The number of rotatable bonds is 71. The first kappa shape index (κ1) is 98.2. The van der Waals surface area contributed by atoms with Gasteiger partial charge in [0, 0.05) is 12.8 Å². The molecule has 0 bridgehead atoms. The number of hydrogen-bond donors (Lipinski definition) is 3. The standard InChI is InChI=1S/C85H136O17P2/c1-5-9-13-17-21-25-29-33-37-38-39-40-44-46-50-54-58-62-66-70-83(88)96-76-81(102-85(90)72-68-64-60-56-52-48-43-36-32-28-24-20-16-12-8-4)78-100-104(93,94)98-74-79(86)73-97-103(91,92)99-77-80(101-84(89)71-67-63-59-55-51-47-42-35-31-27-23-19-15-11-7-3)75-95-82(87)69-65-61-57-53-49-45-41-34-30-26-22-18-14-10-6-2/h9-10,12-14,16,21-22,24-26,28,33-34,36-37,39-41,43,46,49-50,52-53,56,61,64-65,68,79-81,86H,5-8,11,15,17-20,23,27,29-32,35,38,42,44-45,47-48,51,54-55,57-60,62-63,66-67,69-78H2,1-4H3,(H,91,92)(H,93,94)/b13-9-,14-10-,16-12-,25-21-,26-22-,28-24-,37-33-,40-39-,41-34-,43-36-,50-46-,53-49-,56-52-,65-61-,68-64-. The minimum atomic E-state index is -5.02. The van der Waals surface area contributed by atoms with Gasteiger partial charge in [0.05, 0.1) is 39.3 Å². The van der Waals surface area contributed by atoms with Crippen molar-refractivity contribution in [2.24, 2.45) is 0 Å². The van der Waals surface area contributed by atoms with Crippen LogP contribution < -0.4 is 0 Å². The second-order valence-electron chi connectivity index (χ2n) is 25.2. The largest absolute Gasteiger partial charge is 0.472 e. The lowest BCUT2D eigenvalue weighted by molar-refractivity contribution is -0.160. The SMILES string of the molecule is CC/C=C\C/C=C\C/C=C\C/C=C\C/C=C\CCCCCC(=O)OCC(COP(=O)(O)OCC(O)COP(=O)(O)OCC(COC(=O)C/C=C\C/C=C\C/C=C\C/C=C\C/C=C\CC)OC(=O)CCCCCCCCCCCCCCCCC)OC(=O)C/C=C\C/C=C\C/C=C\C/C=C\C/C=C\CC. The van der Waals surface area contributed by atoms with E-state index in [1.807, 2.05) is 30.4 Å². The highest BCUT2D eigenvalue weighted by Gasteiger charge is 2.30. The number of carbonyl (C=O) groups is 4. The van der Waals surface area contributed by atoms with Gasteiger partial charge in [0.15, 0.2) is 12.2 Å². The van der Waals surface area contributed by atoms with Crippen LogP contribution in [-0.2, 0) is 65.4 Å². The summed E-state index contributed by atoms with van der Waals surface area (Å²) in [5, 5.41) is 10.6. The number of allylic oxidation sites excluding steroid dienone is 28. The monoisotopic (exact) mass is 1490 g/mol. The summed E-state index contributed by atoms with van der Waals surface area (Å²) in [5.41, 5.74) is 0. The zero-order valence-electron chi connectivity index (χ0n) is 64.1. The van der Waals surface area contributed by atoms with Crippen LogP contribution in [0.15, 0.2) is 182 Å². The molecule has 0 amide bonds. The molecule has 5 atom stereocenters. The van der Waals surface area contributed by atoms with Gasteiger partial charge in [-0.2, -0.15) is 0 Å². The molecular weight excluding hydrogens is 1350 g/mol. The van der Waals surface area contributed by atoms with E-state index in [9.17, 15) is 43.2 Å². The lowest BCUT2D eigenvalue weighted by Crippen LogP contribution is -2.30. The molecule has 0 aliphatic rings. The third kappa shape index (κ3) is 74.4. The Morgan fingerprint density at radius 2 is 0.548 bits per heavy atom. The Kier molecular flexibility index (Phi) is 71.2. The highest BCUT2D eigenvalue weighted by molar-refractivity contribution is 7.47. The Balaban J connectivity index is 5.53. The van der Waals surface area contributed by atoms with Crippen LogP contribution in [0.25, 0.3) is 0 Å². The van der Waals surface area contributed by atoms with Crippen molar-refractivity contribution in [3.05, 3.63) is 182 Å². The van der Waals surface area contributed by atoms with E-state index >= 15 is 0 Å². The van der Waals surface area contributed by atoms with E-state index in [0.29, 0.717) is 25.7 Å². The van der Waals surface area contributed by atoms with Crippen molar-refractivity contribution in [1.82, 2.24) is 0 Å². The number of esters is 4. The molecule has 0 heterocycles. The Morgan fingerprint density at radius 1 is 0.288 bits per heavy atom. The van der Waals surface area contributed by atoms with Gasteiger partial charge >= 0.3 is 39.5 Å². The van der Waals surface area contributed by atoms with Gasteiger partial charge in [-0.25, -0.2) is 9.13 Å². The summed E-state index contributed by atoms with van der Waals surface area (Å²) in [6.07, 6.45) is 90.9. The van der Waals surface area contributed by atoms with E-state index in [4.69, 9.17) is 37.0 Å². The normalized spacial score (nSPS) is 14.9. The number of aliphatic hydroxyl groups is 1. The van der Waals surface area contributed by atoms with Gasteiger partial charge in [-0.3, -0.25) is 37.3 Å².